The third-order valence-corrected chi connectivity index (χ3v) is 10.1. The maximum absolute atomic E-state index is 13.3. The molecule has 5 aromatic rings. The second-order valence-corrected chi connectivity index (χ2v) is 14.1. The van der Waals surface area contributed by atoms with Crippen LogP contribution in [0, 0.1) is 12.7 Å². The fourth-order valence-corrected chi connectivity index (χ4v) is 7.83. The highest BCUT2D eigenvalue weighted by Gasteiger charge is 2.21. The lowest BCUT2D eigenvalue weighted by molar-refractivity contribution is 0.0998. The second kappa shape index (κ2) is 10.6. The van der Waals surface area contributed by atoms with E-state index in [0.29, 0.717) is 33.1 Å². The number of sulfone groups is 1. The molecule has 1 aromatic heterocycles. The van der Waals surface area contributed by atoms with Crippen LogP contribution in [-0.2, 0) is 19.9 Å². The summed E-state index contributed by atoms with van der Waals surface area (Å²) in [6.07, 6.45) is 0.825. The molecular weight excluding hydrogens is 583 g/mol. The average Bonchev–Trinajstić information content (AvgIpc) is 3.26. The van der Waals surface area contributed by atoms with E-state index in [-0.39, 0.29) is 16.8 Å². The lowest BCUT2D eigenvalue weighted by atomic mass is 9.93. The van der Waals surface area contributed by atoms with Crippen molar-refractivity contribution in [2.24, 2.45) is 5.73 Å². The predicted molar refractivity (Wildman–Crippen MR) is 161 cm³/mol. The monoisotopic (exact) mass is 608 g/mol. The summed E-state index contributed by atoms with van der Waals surface area (Å²) < 4.78 is 63.3. The molecule has 2 amide bonds. The van der Waals surface area contributed by atoms with Gasteiger partial charge in [-0.3, -0.25) is 14.3 Å². The van der Waals surface area contributed by atoms with Crippen LogP contribution in [0.15, 0.2) is 72.8 Å². The Morgan fingerprint density at radius 2 is 1.64 bits per heavy atom. The molecule has 0 radical (unpaired) electrons. The number of aromatic nitrogens is 1. The largest absolute Gasteiger partial charge is 0.366 e. The van der Waals surface area contributed by atoms with E-state index in [1.54, 1.807) is 30.3 Å². The first-order chi connectivity index (χ1) is 19.7. The van der Waals surface area contributed by atoms with Crippen molar-refractivity contribution in [1.29, 1.82) is 0 Å². The Balaban J connectivity index is 1.61. The van der Waals surface area contributed by atoms with Gasteiger partial charge in [0.15, 0.2) is 14.9 Å². The highest BCUT2D eigenvalue weighted by Crippen LogP contribution is 2.39. The summed E-state index contributed by atoms with van der Waals surface area (Å²) in [6, 6.07) is 18.5. The number of aromatic amines is 1. The molecule has 42 heavy (non-hydrogen) atoms. The van der Waals surface area contributed by atoms with Crippen LogP contribution in [0.5, 0.6) is 0 Å². The van der Waals surface area contributed by atoms with Crippen LogP contribution >= 0.6 is 0 Å². The van der Waals surface area contributed by atoms with E-state index in [1.807, 2.05) is 13.0 Å². The Morgan fingerprint density at radius 1 is 0.929 bits per heavy atom. The minimum atomic E-state index is -4.19. The minimum absolute atomic E-state index is 0.126. The van der Waals surface area contributed by atoms with Gasteiger partial charge in [0.2, 0.25) is 10.0 Å². The van der Waals surface area contributed by atoms with Gasteiger partial charge in [-0.2, -0.15) is 0 Å². The Kier molecular flexibility index (Phi) is 7.25. The van der Waals surface area contributed by atoms with E-state index in [0.717, 1.165) is 17.4 Å². The molecule has 0 unspecified atom stereocenters. The molecule has 4 aromatic carbocycles. The molecule has 13 heteroatoms. The molecule has 0 aliphatic carbocycles. The average molecular weight is 609 g/mol. The quantitative estimate of drug-likeness (QED) is 0.202. The zero-order chi connectivity index (χ0) is 30.4. The number of halogens is 1. The zero-order valence-electron chi connectivity index (χ0n) is 22.4. The molecule has 0 spiro atoms. The molecular formula is C29H25FN4O6S2. The van der Waals surface area contributed by atoms with E-state index < -0.39 is 42.6 Å². The number of hydrogen-bond donors (Lipinski definition) is 4. The Hall–Kier alpha value is -4.75. The molecule has 0 atom stereocenters. The molecule has 5 rings (SSSR count). The number of primary amides is 1. The fourth-order valence-electron chi connectivity index (χ4n) is 4.86. The number of fused-ring (bicyclic) bond motifs is 3. The molecule has 0 aliphatic rings. The molecule has 0 saturated heterocycles. The Bertz CT molecular complexity index is 2120. The third-order valence-electron chi connectivity index (χ3n) is 6.64. The highest BCUT2D eigenvalue weighted by atomic mass is 32.3. The van der Waals surface area contributed by atoms with Crippen molar-refractivity contribution in [3.05, 3.63) is 95.3 Å². The normalized spacial score (nSPS) is 12.0. The van der Waals surface area contributed by atoms with Crippen LogP contribution in [0.4, 0.5) is 15.8 Å². The number of carbonyl (C=O) groups excluding carboxylic acids is 2. The highest BCUT2D eigenvalue weighted by molar-refractivity contribution is 8.08. The number of hydrogen-bond acceptors (Lipinski definition) is 6. The van der Waals surface area contributed by atoms with Crippen molar-refractivity contribution < 1.29 is 30.8 Å². The minimum Gasteiger partial charge on any atom is -0.366 e. The number of nitrogens with two attached hydrogens (primary N) is 1. The van der Waals surface area contributed by atoms with Crippen LogP contribution in [0.25, 0.3) is 32.9 Å². The topological polar surface area (TPSA) is 168 Å². The van der Waals surface area contributed by atoms with Gasteiger partial charge >= 0.3 is 0 Å². The van der Waals surface area contributed by atoms with Crippen LogP contribution in [-0.4, -0.2) is 45.0 Å². The van der Waals surface area contributed by atoms with Gasteiger partial charge in [-0.1, -0.05) is 24.3 Å². The number of benzene rings is 4. The summed E-state index contributed by atoms with van der Waals surface area (Å²) in [5.41, 5.74) is 9.87. The summed E-state index contributed by atoms with van der Waals surface area (Å²) in [6.45, 7) is 1.83. The molecule has 0 fully saturated rings. The Morgan fingerprint density at radius 3 is 2.31 bits per heavy atom. The smallest absolute Gasteiger partial charge is 0.255 e. The van der Waals surface area contributed by atoms with E-state index in [9.17, 15) is 30.8 Å². The lowest BCUT2D eigenvalue weighted by Crippen LogP contribution is -2.22. The fraction of sp³-hybridized carbons (Fsp3) is 0.103. The third kappa shape index (κ3) is 5.83. The van der Waals surface area contributed by atoms with Crippen molar-refractivity contribution in [3.8, 4) is 11.1 Å². The van der Waals surface area contributed by atoms with E-state index >= 15 is 0 Å². The summed E-state index contributed by atoms with van der Waals surface area (Å²) in [7, 11) is -7.99. The van der Waals surface area contributed by atoms with Crippen molar-refractivity contribution >= 4 is 64.9 Å². The summed E-state index contributed by atoms with van der Waals surface area (Å²) in [5.74, 6) is -1.54. The maximum atomic E-state index is 13.3. The van der Waals surface area contributed by atoms with Crippen LogP contribution in [0.2, 0.25) is 0 Å². The van der Waals surface area contributed by atoms with Crippen LogP contribution in [0.1, 0.15) is 26.3 Å². The van der Waals surface area contributed by atoms with Gasteiger partial charge in [0.05, 0.1) is 16.8 Å². The first kappa shape index (κ1) is 28.8. The van der Waals surface area contributed by atoms with Crippen LogP contribution < -0.4 is 15.8 Å². The van der Waals surface area contributed by atoms with Gasteiger partial charge in [-0.15, -0.1) is 0 Å². The van der Waals surface area contributed by atoms with Gasteiger partial charge in [-0.25, -0.2) is 21.2 Å². The molecule has 5 N–H and O–H groups in total. The first-order valence-corrected chi connectivity index (χ1v) is 16.2. The number of amides is 2. The van der Waals surface area contributed by atoms with Crippen LogP contribution in [0.3, 0.4) is 0 Å². The van der Waals surface area contributed by atoms with E-state index in [1.165, 1.54) is 36.4 Å². The molecule has 0 aliphatic heterocycles. The zero-order valence-corrected chi connectivity index (χ0v) is 24.0. The summed E-state index contributed by atoms with van der Waals surface area (Å²) >= 11 is 0. The van der Waals surface area contributed by atoms with E-state index in [4.69, 9.17) is 5.73 Å². The predicted octanol–water partition coefficient (Wildman–Crippen LogP) is 4.53. The van der Waals surface area contributed by atoms with Crippen molar-refractivity contribution in [3.63, 3.8) is 0 Å². The van der Waals surface area contributed by atoms with Crippen molar-refractivity contribution in [2.75, 3.05) is 21.4 Å². The SMILES string of the molecule is Cc1c(NC(=O)c2ccc(F)cc2)cccc1-c1ccc(C(N)=O)c2[nH]c3cc(NS(=O)(=O)CS(C)(=O)=O)ccc3c12. The molecule has 0 bridgehead atoms. The molecule has 10 nitrogen and oxygen atoms in total. The lowest BCUT2D eigenvalue weighted by Gasteiger charge is -2.15. The van der Waals surface area contributed by atoms with Crippen molar-refractivity contribution in [2.45, 2.75) is 6.92 Å². The number of rotatable bonds is 8. The summed E-state index contributed by atoms with van der Waals surface area (Å²) in [4.78, 5) is 28.3. The molecule has 1 heterocycles. The van der Waals surface area contributed by atoms with Gasteiger partial charge in [0, 0.05) is 33.8 Å². The van der Waals surface area contributed by atoms with E-state index in [2.05, 4.69) is 15.0 Å². The second-order valence-electron chi connectivity index (χ2n) is 9.86. The number of nitrogens with one attached hydrogen (secondary N) is 3. The summed E-state index contributed by atoms with van der Waals surface area (Å²) in [5, 5.41) is 3.07. The Labute approximate surface area is 240 Å². The maximum Gasteiger partial charge on any atom is 0.255 e. The number of H-pyrrole nitrogens is 1. The number of carbonyl (C=O) groups is 2. The standard InChI is InChI=1S/C29H25FN4O6S2/c1-16-20(4-3-5-24(16)33-29(36)17-6-8-18(30)9-7-17)21-12-13-23(28(31)35)27-26(21)22-11-10-19(14-25(22)32-27)34-42(39,40)15-41(2,37)38/h3-14,32,34H,15H2,1-2H3,(H2,31,35)(H,33,36). The van der Waals surface area contributed by atoms with Gasteiger partial charge in [0.1, 0.15) is 5.82 Å². The number of anilines is 2. The van der Waals surface area contributed by atoms with Crippen molar-refractivity contribution in [1.82, 2.24) is 4.98 Å². The van der Waals surface area contributed by atoms with Gasteiger partial charge in [-0.05, 0) is 72.1 Å². The molecule has 0 saturated carbocycles. The van der Waals surface area contributed by atoms with Gasteiger partial charge in [0.25, 0.3) is 11.8 Å². The first-order valence-electron chi connectivity index (χ1n) is 12.5. The van der Waals surface area contributed by atoms with Gasteiger partial charge < -0.3 is 16.0 Å². The molecule has 216 valence electrons. The number of sulfonamides is 1.